The molecule has 0 fully saturated rings. The lowest BCUT2D eigenvalue weighted by atomic mass is 10.1. The fourth-order valence-electron chi connectivity index (χ4n) is 1.29. The second-order valence-corrected chi connectivity index (χ2v) is 5.78. The van der Waals surface area contributed by atoms with Gasteiger partial charge in [0.05, 0.1) is 13.0 Å². The number of aliphatic carboxylic acids is 1. The molecule has 0 radical (unpaired) electrons. The first-order chi connectivity index (χ1) is 9.01. The Balaban J connectivity index is 4.41. The number of nitrogens with one attached hydrogen (secondary N) is 2. The van der Waals surface area contributed by atoms with Crippen molar-refractivity contribution in [2.24, 2.45) is 0 Å². The van der Waals surface area contributed by atoms with Crippen LogP contribution in [-0.2, 0) is 19.1 Å². The molecule has 0 spiro atoms. The highest BCUT2D eigenvalue weighted by molar-refractivity contribution is 5.87. The molecule has 0 unspecified atom stereocenters. The molecule has 1 atom stereocenters. The molecule has 0 saturated heterocycles. The zero-order valence-corrected chi connectivity index (χ0v) is 12.6. The smallest absolute Gasteiger partial charge is 0.326 e. The van der Waals surface area contributed by atoms with Gasteiger partial charge in [-0.1, -0.05) is 13.8 Å². The van der Waals surface area contributed by atoms with Gasteiger partial charge in [-0.3, -0.25) is 9.59 Å². The number of esters is 1. The van der Waals surface area contributed by atoms with Crippen LogP contribution in [0, 0.1) is 0 Å². The summed E-state index contributed by atoms with van der Waals surface area (Å²) in [5.41, 5.74) is -0.691. The Morgan fingerprint density at radius 2 is 1.75 bits per heavy atom. The minimum absolute atomic E-state index is 0.00420. The molecule has 116 valence electrons. The summed E-state index contributed by atoms with van der Waals surface area (Å²) in [6, 6.07) is -1.18. The Kier molecular flexibility index (Phi) is 7.20. The molecule has 0 aliphatic heterocycles. The third kappa shape index (κ3) is 9.32. The number of hydrogen-bond donors (Lipinski definition) is 3. The quantitative estimate of drug-likeness (QED) is 0.581. The standard InChI is InChI=1S/C13H24N2O5/c1-8(2)14-7-10(16)15-9(12(18)19)6-11(17)20-13(3,4)5/h8-9,14H,6-7H2,1-5H3,(H,15,16)(H,18,19)/t9-/m0/s1. The second kappa shape index (κ2) is 7.84. The minimum Gasteiger partial charge on any atom is -0.480 e. The van der Waals surface area contributed by atoms with E-state index in [1.165, 1.54) is 0 Å². The molecular weight excluding hydrogens is 264 g/mol. The van der Waals surface area contributed by atoms with Crippen LogP contribution in [0.1, 0.15) is 41.0 Å². The van der Waals surface area contributed by atoms with Crippen molar-refractivity contribution in [2.45, 2.75) is 58.7 Å². The van der Waals surface area contributed by atoms with Gasteiger partial charge in [-0.05, 0) is 20.8 Å². The maximum Gasteiger partial charge on any atom is 0.326 e. The van der Waals surface area contributed by atoms with E-state index in [0.29, 0.717) is 0 Å². The minimum atomic E-state index is -1.29. The summed E-state index contributed by atoms with van der Waals surface area (Å²) in [7, 11) is 0. The van der Waals surface area contributed by atoms with E-state index in [4.69, 9.17) is 9.84 Å². The highest BCUT2D eigenvalue weighted by Gasteiger charge is 2.26. The Hall–Kier alpha value is -1.63. The Bertz CT molecular complexity index is 360. The van der Waals surface area contributed by atoms with Crippen molar-refractivity contribution in [1.82, 2.24) is 10.6 Å². The van der Waals surface area contributed by atoms with E-state index in [0.717, 1.165) is 0 Å². The van der Waals surface area contributed by atoms with Gasteiger partial charge in [0.15, 0.2) is 0 Å². The first-order valence-corrected chi connectivity index (χ1v) is 6.48. The van der Waals surface area contributed by atoms with Crippen LogP contribution in [0.5, 0.6) is 0 Å². The molecule has 1 amide bonds. The van der Waals surface area contributed by atoms with Gasteiger partial charge in [0.1, 0.15) is 11.6 Å². The first kappa shape index (κ1) is 18.4. The van der Waals surface area contributed by atoms with Crippen LogP contribution in [0.25, 0.3) is 0 Å². The molecule has 7 nitrogen and oxygen atoms in total. The number of carbonyl (C=O) groups is 3. The highest BCUT2D eigenvalue weighted by Crippen LogP contribution is 2.09. The summed E-state index contributed by atoms with van der Waals surface area (Å²) in [6.07, 6.45) is -0.403. The van der Waals surface area contributed by atoms with Gasteiger partial charge >= 0.3 is 11.9 Å². The van der Waals surface area contributed by atoms with E-state index in [-0.39, 0.29) is 12.6 Å². The predicted octanol–water partition coefficient (Wildman–Crippen LogP) is 0.286. The van der Waals surface area contributed by atoms with Gasteiger partial charge in [0.2, 0.25) is 5.91 Å². The lowest BCUT2D eigenvalue weighted by Gasteiger charge is -2.21. The van der Waals surface area contributed by atoms with E-state index in [9.17, 15) is 14.4 Å². The number of ether oxygens (including phenoxy) is 1. The fourth-order valence-corrected chi connectivity index (χ4v) is 1.29. The monoisotopic (exact) mass is 288 g/mol. The van der Waals surface area contributed by atoms with Gasteiger partial charge < -0.3 is 20.5 Å². The second-order valence-electron chi connectivity index (χ2n) is 5.78. The van der Waals surface area contributed by atoms with Crippen molar-refractivity contribution in [2.75, 3.05) is 6.54 Å². The molecular formula is C13H24N2O5. The Morgan fingerprint density at radius 3 is 2.15 bits per heavy atom. The predicted molar refractivity (Wildman–Crippen MR) is 73.2 cm³/mol. The van der Waals surface area contributed by atoms with Crippen LogP contribution in [0.2, 0.25) is 0 Å². The van der Waals surface area contributed by atoms with Crippen LogP contribution in [-0.4, -0.2) is 47.2 Å². The molecule has 0 saturated carbocycles. The number of carboxylic acid groups (broad SMARTS) is 1. The van der Waals surface area contributed by atoms with Gasteiger partial charge in [0.25, 0.3) is 0 Å². The normalized spacial score (nSPS) is 12.9. The number of rotatable bonds is 7. The van der Waals surface area contributed by atoms with Crippen LogP contribution in [0.3, 0.4) is 0 Å². The maximum absolute atomic E-state index is 11.6. The molecule has 0 aliphatic carbocycles. The first-order valence-electron chi connectivity index (χ1n) is 6.48. The molecule has 0 aromatic carbocycles. The third-order valence-corrected chi connectivity index (χ3v) is 2.09. The van der Waals surface area contributed by atoms with E-state index in [1.54, 1.807) is 20.8 Å². The molecule has 0 aliphatic rings. The van der Waals surface area contributed by atoms with Gasteiger partial charge in [-0.2, -0.15) is 0 Å². The Morgan fingerprint density at radius 1 is 1.20 bits per heavy atom. The number of carbonyl (C=O) groups excluding carboxylic acids is 2. The SMILES string of the molecule is CC(C)NCC(=O)N[C@@H](CC(=O)OC(C)(C)C)C(=O)O. The average Bonchev–Trinajstić information content (AvgIpc) is 2.22. The summed E-state index contributed by atoms with van der Waals surface area (Å²) in [5, 5.41) is 14.2. The van der Waals surface area contributed by atoms with E-state index < -0.39 is 35.9 Å². The van der Waals surface area contributed by atoms with Crippen molar-refractivity contribution in [1.29, 1.82) is 0 Å². The third-order valence-electron chi connectivity index (χ3n) is 2.09. The van der Waals surface area contributed by atoms with Gasteiger partial charge in [-0.25, -0.2) is 4.79 Å². The molecule has 0 aromatic rings. The van der Waals surface area contributed by atoms with Crippen LogP contribution in [0.4, 0.5) is 0 Å². The summed E-state index contributed by atoms with van der Waals surface area (Å²) >= 11 is 0. The molecule has 0 aromatic heterocycles. The zero-order valence-electron chi connectivity index (χ0n) is 12.6. The summed E-state index contributed by atoms with van der Waals surface area (Å²) in [6.45, 7) is 8.78. The molecule has 0 bridgehead atoms. The number of hydrogen-bond acceptors (Lipinski definition) is 5. The van der Waals surface area contributed by atoms with Crippen LogP contribution < -0.4 is 10.6 Å². The molecule has 0 rings (SSSR count). The highest BCUT2D eigenvalue weighted by atomic mass is 16.6. The molecule has 20 heavy (non-hydrogen) atoms. The van der Waals surface area contributed by atoms with Crippen molar-refractivity contribution >= 4 is 17.8 Å². The molecule has 0 heterocycles. The van der Waals surface area contributed by atoms with Crippen molar-refractivity contribution in [3.05, 3.63) is 0 Å². The zero-order chi connectivity index (χ0) is 15.9. The largest absolute Gasteiger partial charge is 0.480 e. The van der Waals surface area contributed by atoms with E-state index >= 15 is 0 Å². The van der Waals surface area contributed by atoms with Crippen molar-refractivity contribution in [3.8, 4) is 0 Å². The van der Waals surface area contributed by atoms with Crippen LogP contribution in [0.15, 0.2) is 0 Å². The average molecular weight is 288 g/mol. The summed E-state index contributed by atoms with van der Waals surface area (Å²) in [5.74, 6) is -2.41. The van der Waals surface area contributed by atoms with Gasteiger partial charge in [0, 0.05) is 6.04 Å². The lowest BCUT2D eigenvalue weighted by Crippen LogP contribution is -2.47. The Labute approximate surface area is 119 Å². The topological polar surface area (TPSA) is 105 Å². The van der Waals surface area contributed by atoms with E-state index in [2.05, 4.69) is 10.6 Å². The molecule has 3 N–H and O–H groups in total. The van der Waals surface area contributed by atoms with Crippen molar-refractivity contribution < 1.29 is 24.2 Å². The van der Waals surface area contributed by atoms with Crippen LogP contribution >= 0.6 is 0 Å². The molecule has 7 heteroatoms. The maximum atomic E-state index is 11.6. The number of carboxylic acids is 1. The fraction of sp³-hybridized carbons (Fsp3) is 0.769. The summed E-state index contributed by atoms with van der Waals surface area (Å²) < 4.78 is 5.03. The lowest BCUT2D eigenvalue weighted by molar-refractivity contribution is -0.158. The van der Waals surface area contributed by atoms with Crippen molar-refractivity contribution in [3.63, 3.8) is 0 Å². The summed E-state index contributed by atoms with van der Waals surface area (Å²) in [4.78, 5) is 34.1. The number of amides is 1. The van der Waals surface area contributed by atoms with E-state index in [1.807, 2.05) is 13.8 Å². The van der Waals surface area contributed by atoms with Gasteiger partial charge in [-0.15, -0.1) is 0 Å².